The van der Waals surface area contributed by atoms with Gasteiger partial charge in [0.15, 0.2) is 4.80 Å². The first kappa shape index (κ1) is 25.2. The zero-order valence-electron chi connectivity index (χ0n) is 19.3. The van der Waals surface area contributed by atoms with Gasteiger partial charge in [-0.1, -0.05) is 17.8 Å². The number of ether oxygens (including phenoxy) is 1. The number of aromatic nitrogens is 1. The van der Waals surface area contributed by atoms with E-state index in [-0.39, 0.29) is 16.1 Å². The second-order valence-corrected chi connectivity index (χ2v) is 11.0. The van der Waals surface area contributed by atoms with Crippen molar-refractivity contribution >= 4 is 43.2 Å². The summed E-state index contributed by atoms with van der Waals surface area (Å²) in [4.78, 5) is 28.5. The molecule has 0 atom stereocenters. The maximum Gasteiger partial charge on any atom is 0.279 e. The molecule has 10 nitrogen and oxygen atoms in total. The van der Waals surface area contributed by atoms with E-state index in [4.69, 9.17) is 4.74 Å². The minimum atomic E-state index is -3.59. The van der Waals surface area contributed by atoms with Crippen molar-refractivity contribution in [3.05, 3.63) is 62.9 Å². The minimum absolute atomic E-state index is 0.0520. The summed E-state index contributed by atoms with van der Waals surface area (Å²) in [5.41, 5.74) is 0.796. The normalized spacial score (nSPS) is 15.5. The highest BCUT2D eigenvalue weighted by atomic mass is 32.2. The molecule has 1 aliphatic rings. The lowest BCUT2D eigenvalue weighted by atomic mass is 10.2. The fourth-order valence-electron chi connectivity index (χ4n) is 3.95. The van der Waals surface area contributed by atoms with E-state index < -0.39 is 20.9 Å². The molecule has 2 heterocycles. The zero-order chi connectivity index (χ0) is 25.0. The Morgan fingerprint density at radius 2 is 1.86 bits per heavy atom. The van der Waals surface area contributed by atoms with Crippen LogP contribution < -0.4 is 4.80 Å². The van der Waals surface area contributed by atoms with Crippen molar-refractivity contribution in [2.45, 2.75) is 37.6 Å². The molecule has 0 saturated carbocycles. The van der Waals surface area contributed by atoms with Gasteiger partial charge in [0, 0.05) is 43.9 Å². The third-order valence-electron chi connectivity index (χ3n) is 5.79. The first-order valence-electron chi connectivity index (χ1n) is 11.4. The van der Waals surface area contributed by atoms with Gasteiger partial charge < -0.3 is 9.30 Å². The van der Waals surface area contributed by atoms with Crippen LogP contribution in [-0.2, 0) is 21.3 Å². The van der Waals surface area contributed by atoms with Crippen LogP contribution in [0.4, 0.5) is 5.69 Å². The number of nitrogens with zero attached hydrogens (tertiary/aromatic N) is 4. The zero-order valence-corrected chi connectivity index (χ0v) is 20.9. The molecule has 4 rings (SSSR count). The van der Waals surface area contributed by atoms with Gasteiger partial charge in [-0.3, -0.25) is 14.9 Å². The summed E-state index contributed by atoms with van der Waals surface area (Å²) in [5.74, 6) is -0.530. The Balaban J connectivity index is 1.66. The van der Waals surface area contributed by atoms with E-state index in [1.165, 1.54) is 52.0 Å². The smallest absolute Gasteiger partial charge is 0.279 e. The van der Waals surface area contributed by atoms with Crippen LogP contribution >= 0.6 is 11.3 Å². The Kier molecular flexibility index (Phi) is 7.75. The van der Waals surface area contributed by atoms with Gasteiger partial charge in [-0.25, -0.2) is 8.42 Å². The molecule has 1 saturated heterocycles. The van der Waals surface area contributed by atoms with E-state index in [2.05, 4.69) is 4.99 Å². The number of hydrogen-bond donors (Lipinski definition) is 0. The largest absolute Gasteiger partial charge is 0.380 e. The van der Waals surface area contributed by atoms with Crippen molar-refractivity contribution in [3.63, 3.8) is 0 Å². The standard InChI is InChI=1S/C23H26N4O6S2/c1-2-33-15-14-26-20-16-18(27(29)30)8-11-21(20)34-23(26)24-22(28)17-6-9-19(10-7-17)35(31,32)25-12-4-3-5-13-25/h6-11,16H,2-5,12-15H2,1H3. The predicted molar refractivity (Wildman–Crippen MR) is 132 cm³/mol. The average molecular weight is 519 g/mol. The SMILES string of the molecule is CCOCCn1c(=NC(=O)c2ccc(S(=O)(=O)N3CCCCC3)cc2)sc2ccc([N+](=O)[O-])cc21. The summed E-state index contributed by atoms with van der Waals surface area (Å²) in [5, 5.41) is 11.2. The fourth-order valence-corrected chi connectivity index (χ4v) is 6.50. The topological polar surface area (TPSA) is 124 Å². The molecule has 12 heteroatoms. The summed E-state index contributed by atoms with van der Waals surface area (Å²) in [6.07, 6.45) is 2.71. The summed E-state index contributed by atoms with van der Waals surface area (Å²) in [6, 6.07) is 10.3. The molecular weight excluding hydrogens is 492 g/mol. The number of hydrogen-bond acceptors (Lipinski definition) is 7. The monoisotopic (exact) mass is 518 g/mol. The summed E-state index contributed by atoms with van der Waals surface area (Å²) < 4.78 is 35.1. The fraction of sp³-hybridized carbons (Fsp3) is 0.391. The number of non-ortho nitro benzene ring substituents is 1. The number of nitro groups is 1. The first-order valence-corrected chi connectivity index (χ1v) is 13.6. The Labute approximate surface area is 206 Å². The second-order valence-electron chi connectivity index (χ2n) is 8.05. The maximum absolute atomic E-state index is 12.9. The van der Waals surface area contributed by atoms with Gasteiger partial charge in [0.1, 0.15) is 0 Å². The van der Waals surface area contributed by atoms with Gasteiger partial charge in [0.05, 0.1) is 26.6 Å². The lowest BCUT2D eigenvalue weighted by molar-refractivity contribution is -0.384. The maximum atomic E-state index is 12.9. The average Bonchev–Trinajstić information content (AvgIpc) is 3.20. The second kappa shape index (κ2) is 10.8. The molecular formula is C23H26N4O6S2. The van der Waals surface area contributed by atoms with E-state index in [1.807, 2.05) is 6.92 Å². The Hall–Kier alpha value is -2.93. The van der Waals surface area contributed by atoms with Crippen LogP contribution in [0, 0.1) is 10.1 Å². The lowest BCUT2D eigenvalue weighted by Crippen LogP contribution is -2.35. The van der Waals surface area contributed by atoms with Crippen molar-refractivity contribution < 1.29 is 22.9 Å². The van der Waals surface area contributed by atoms with Crippen LogP contribution in [0.3, 0.4) is 0 Å². The number of carbonyl (C=O) groups excluding carboxylic acids is 1. The van der Waals surface area contributed by atoms with Gasteiger partial charge in [0.25, 0.3) is 11.6 Å². The third kappa shape index (κ3) is 5.50. The third-order valence-corrected chi connectivity index (χ3v) is 8.76. The highest BCUT2D eigenvalue weighted by Crippen LogP contribution is 2.24. The highest BCUT2D eigenvalue weighted by Gasteiger charge is 2.26. The summed E-state index contributed by atoms with van der Waals surface area (Å²) in [7, 11) is -3.59. The van der Waals surface area contributed by atoms with E-state index in [0.717, 1.165) is 24.0 Å². The lowest BCUT2D eigenvalue weighted by Gasteiger charge is -2.25. The molecule has 1 aromatic heterocycles. The molecule has 1 aliphatic heterocycles. The van der Waals surface area contributed by atoms with Crippen LogP contribution in [0.15, 0.2) is 52.4 Å². The quantitative estimate of drug-likeness (QED) is 0.255. The van der Waals surface area contributed by atoms with Gasteiger partial charge in [0.2, 0.25) is 10.0 Å². The van der Waals surface area contributed by atoms with Crippen molar-refractivity contribution in [2.24, 2.45) is 4.99 Å². The number of carbonyl (C=O) groups is 1. The van der Waals surface area contributed by atoms with Crippen LogP contribution in [-0.4, -0.2) is 54.4 Å². The van der Waals surface area contributed by atoms with E-state index in [1.54, 1.807) is 10.6 Å². The molecule has 0 N–H and O–H groups in total. The molecule has 0 unspecified atom stereocenters. The highest BCUT2D eigenvalue weighted by molar-refractivity contribution is 7.89. The predicted octanol–water partition coefficient (Wildman–Crippen LogP) is 3.56. The van der Waals surface area contributed by atoms with E-state index >= 15 is 0 Å². The Morgan fingerprint density at radius 3 is 2.51 bits per heavy atom. The van der Waals surface area contributed by atoms with Crippen LogP contribution in [0.2, 0.25) is 0 Å². The first-order chi connectivity index (χ1) is 16.8. The number of fused-ring (bicyclic) bond motifs is 1. The summed E-state index contributed by atoms with van der Waals surface area (Å²) >= 11 is 1.25. The number of rotatable bonds is 8. The number of nitro benzene ring substituents is 1. The van der Waals surface area contributed by atoms with E-state index in [9.17, 15) is 23.3 Å². The van der Waals surface area contributed by atoms with Crippen molar-refractivity contribution in [2.75, 3.05) is 26.3 Å². The van der Waals surface area contributed by atoms with Crippen LogP contribution in [0.1, 0.15) is 36.5 Å². The summed E-state index contributed by atoms with van der Waals surface area (Å²) in [6.45, 7) is 4.12. The molecule has 0 bridgehead atoms. The molecule has 35 heavy (non-hydrogen) atoms. The van der Waals surface area contributed by atoms with Crippen molar-refractivity contribution in [1.29, 1.82) is 0 Å². The van der Waals surface area contributed by atoms with Gasteiger partial charge >= 0.3 is 0 Å². The molecule has 0 radical (unpaired) electrons. The number of amides is 1. The van der Waals surface area contributed by atoms with Gasteiger partial charge in [-0.2, -0.15) is 9.30 Å². The Bertz CT molecular complexity index is 1400. The Morgan fingerprint density at radius 1 is 1.14 bits per heavy atom. The van der Waals surface area contributed by atoms with Crippen molar-refractivity contribution in [1.82, 2.24) is 8.87 Å². The molecule has 186 valence electrons. The number of thiazole rings is 1. The van der Waals surface area contributed by atoms with Crippen molar-refractivity contribution in [3.8, 4) is 0 Å². The van der Waals surface area contributed by atoms with Gasteiger partial charge in [-0.15, -0.1) is 0 Å². The number of benzene rings is 2. The molecule has 1 fully saturated rings. The minimum Gasteiger partial charge on any atom is -0.380 e. The van der Waals surface area contributed by atoms with E-state index in [0.29, 0.717) is 43.2 Å². The molecule has 0 aliphatic carbocycles. The number of sulfonamides is 1. The van der Waals surface area contributed by atoms with Gasteiger partial charge in [-0.05, 0) is 50.1 Å². The van der Waals surface area contributed by atoms with Crippen LogP contribution in [0.5, 0.6) is 0 Å². The molecule has 2 aromatic carbocycles. The number of piperidine rings is 1. The van der Waals surface area contributed by atoms with Crippen LogP contribution in [0.25, 0.3) is 10.2 Å². The molecule has 3 aromatic rings. The molecule has 1 amide bonds. The molecule has 0 spiro atoms.